The quantitative estimate of drug-likeness (QED) is 0.551. The Morgan fingerprint density at radius 1 is 1.67 bits per heavy atom. The van der Waals surface area contributed by atoms with E-state index >= 15 is 0 Å². The average molecular weight is 168 g/mol. The Kier molecular flexibility index (Phi) is 2.42. The van der Waals surface area contributed by atoms with Crippen molar-refractivity contribution in [3.63, 3.8) is 0 Å². The van der Waals surface area contributed by atoms with Gasteiger partial charge in [-0.1, -0.05) is 13.8 Å². The number of aryl methyl sites for hydroxylation is 1. The van der Waals surface area contributed by atoms with Gasteiger partial charge in [0.2, 0.25) is 0 Å². The highest BCUT2D eigenvalue weighted by Crippen LogP contribution is 2.22. The van der Waals surface area contributed by atoms with Crippen LogP contribution >= 0.6 is 0 Å². The lowest BCUT2D eigenvalue weighted by atomic mass is 10.1. The Morgan fingerprint density at radius 3 is 2.83 bits per heavy atom. The van der Waals surface area contributed by atoms with Crippen molar-refractivity contribution >= 4 is 5.82 Å². The zero-order valence-corrected chi connectivity index (χ0v) is 7.40. The van der Waals surface area contributed by atoms with E-state index in [0.29, 0.717) is 11.7 Å². The maximum absolute atomic E-state index is 10.00. The van der Waals surface area contributed by atoms with E-state index in [9.17, 15) is 4.91 Å². The molecule has 0 aliphatic rings. The fraction of sp³-hybridized carbons (Fsp3) is 0.571. The predicted molar refractivity (Wildman–Crippen MR) is 46.7 cm³/mol. The van der Waals surface area contributed by atoms with Gasteiger partial charge in [0, 0.05) is 12.6 Å². The zero-order chi connectivity index (χ0) is 9.14. The molecule has 5 nitrogen and oxygen atoms in total. The molecule has 12 heavy (non-hydrogen) atoms. The molecule has 0 radical (unpaired) electrons. The number of anilines is 1. The number of hydrogen-bond donors (Lipinski definition) is 1. The molecule has 0 fully saturated rings. The summed E-state index contributed by atoms with van der Waals surface area (Å²) in [6, 6.07) is 0. The molecule has 0 bridgehead atoms. The third-order valence-electron chi connectivity index (χ3n) is 1.74. The molecule has 66 valence electrons. The van der Waals surface area contributed by atoms with Crippen LogP contribution in [0.3, 0.4) is 0 Å². The van der Waals surface area contributed by atoms with Crippen molar-refractivity contribution in [1.82, 2.24) is 9.78 Å². The summed E-state index contributed by atoms with van der Waals surface area (Å²) in [6.07, 6.45) is 1.73. The van der Waals surface area contributed by atoms with Gasteiger partial charge in [0.15, 0.2) is 5.82 Å². The van der Waals surface area contributed by atoms with Crippen molar-refractivity contribution in [1.29, 1.82) is 0 Å². The number of rotatable bonds is 3. The van der Waals surface area contributed by atoms with Crippen LogP contribution in [0.2, 0.25) is 0 Å². The van der Waals surface area contributed by atoms with Crippen LogP contribution < -0.4 is 5.43 Å². The zero-order valence-electron chi connectivity index (χ0n) is 7.40. The Bertz CT molecular complexity index is 279. The average Bonchev–Trinajstić information content (AvgIpc) is 2.34. The molecular formula is C7H12N4O. The Balaban J connectivity index is 3.03. The minimum atomic E-state index is 0.336. The number of nitrogens with zero attached hydrogens (tertiary/aromatic N) is 3. The molecule has 1 rings (SSSR count). The molecule has 0 aliphatic heterocycles. The van der Waals surface area contributed by atoms with Crippen molar-refractivity contribution < 1.29 is 0 Å². The lowest BCUT2D eigenvalue weighted by Crippen LogP contribution is -2.00. The van der Waals surface area contributed by atoms with E-state index in [-0.39, 0.29) is 0 Å². The second-order valence-corrected chi connectivity index (χ2v) is 2.93. The third kappa shape index (κ3) is 1.44. The van der Waals surface area contributed by atoms with Crippen molar-refractivity contribution in [2.75, 3.05) is 5.43 Å². The largest absolute Gasteiger partial charge is 0.251 e. The molecule has 0 aromatic carbocycles. The minimum Gasteiger partial charge on any atom is -0.251 e. The van der Waals surface area contributed by atoms with Gasteiger partial charge in [-0.05, 0) is 5.92 Å². The molecule has 1 aromatic heterocycles. The predicted octanol–water partition coefficient (Wildman–Crippen LogP) is 1.64. The Morgan fingerprint density at radius 2 is 2.33 bits per heavy atom. The van der Waals surface area contributed by atoms with Crippen LogP contribution in [0.5, 0.6) is 0 Å². The van der Waals surface area contributed by atoms with Gasteiger partial charge in [-0.25, -0.2) is 5.43 Å². The van der Waals surface area contributed by atoms with Gasteiger partial charge in [0.1, 0.15) is 0 Å². The number of nitrogens with one attached hydrogen (secondary N) is 1. The van der Waals surface area contributed by atoms with Crippen LogP contribution in [0, 0.1) is 4.91 Å². The first-order valence-electron chi connectivity index (χ1n) is 3.77. The van der Waals surface area contributed by atoms with E-state index in [2.05, 4.69) is 15.8 Å². The maximum Gasteiger partial charge on any atom is 0.150 e. The van der Waals surface area contributed by atoms with Gasteiger partial charge in [-0.2, -0.15) is 5.10 Å². The van der Waals surface area contributed by atoms with Gasteiger partial charge < -0.3 is 0 Å². The fourth-order valence-corrected chi connectivity index (χ4v) is 1.06. The van der Waals surface area contributed by atoms with Crippen LogP contribution in [0.4, 0.5) is 5.82 Å². The molecule has 0 aliphatic carbocycles. The second kappa shape index (κ2) is 3.34. The molecule has 1 N–H and O–H groups in total. The summed E-state index contributed by atoms with van der Waals surface area (Å²) < 4.78 is 1.59. The molecule has 1 heterocycles. The SMILES string of the molecule is CC(C)c1cnn(C)c1NN=O. The fourth-order valence-electron chi connectivity index (χ4n) is 1.06. The summed E-state index contributed by atoms with van der Waals surface area (Å²) >= 11 is 0. The van der Waals surface area contributed by atoms with Crippen LogP contribution in [0.1, 0.15) is 25.3 Å². The highest BCUT2D eigenvalue weighted by molar-refractivity contribution is 5.44. The minimum absolute atomic E-state index is 0.336. The van der Waals surface area contributed by atoms with Crippen molar-refractivity contribution in [3.05, 3.63) is 16.7 Å². The van der Waals surface area contributed by atoms with Crippen molar-refractivity contribution in [2.45, 2.75) is 19.8 Å². The van der Waals surface area contributed by atoms with E-state index in [1.54, 1.807) is 17.9 Å². The van der Waals surface area contributed by atoms with E-state index in [0.717, 1.165) is 5.56 Å². The molecule has 0 spiro atoms. The van der Waals surface area contributed by atoms with Gasteiger partial charge in [-0.15, -0.1) is 4.91 Å². The molecule has 0 saturated heterocycles. The first kappa shape index (κ1) is 8.70. The van der Waals surface area contributed by atoms with Crippen molar-refractivity contribution in [3.8, 4) is 0 Å². The monoisotopic (exact) mass is 168 g/mol. The molecule has 0 unspecified atom stereocenters. The Labute approximate surface area is 70.7 Å². The summed E-state index contributed by atoms with van der Waals surface area (Å²) in [7, 11) is 1.76. The summed E-state index contributed by atoms with van der Waals surface area (Å²) in [4.78, 5) is 10.00. The summed E-state index contributed by atoms with van der Waals surface area (Å²) in [5, 5.41) is 6.63. The highest BCUT2D eigenvalue weighted by Gasteiger charge is 2.10. The van der Waals surface area contributed by atoms with Crippen LogP contribution in [-0.4, -0.2) is 9.78 Å². The highest BCUT2D eigenvalue weighted by atomic mass is 16.3. The summed E-state index contributed by atoms with van der Waals surface area (Å²) in [5.74, 6) is 1.00. The first-order chi connectivity index (χ1) is 5.66. The van der Waals surface area contributed by atoms with E-state index < -0.39 is 0 Å². The van der Waals surface area contributed by atoms with Crippen LogP contribution in [0.15, 0.2) is 11.5 Å². The lowest BCUT2D eigenvalue weighted by molar-refractivity contribution is 0.769. The molecule has 5 heteroatoms. The van der Waals surface area contributed by atoms with Gasteiger partial charge >= 0.3 is 0 Å². The second-order valence-electron chi connectivity index (χ2n) is 2.93. The van der Waals surface area contributed by atoms with E-state index in [4.69, 9.17) is 0 Å². The molecular weight excluding hydrogens is 156 g/mol. The molecule has 0 amide bonds. The van der Waals surface area contributed by atoms with E-state index in [1.807, 2.05) is 13.8 Å². The van der Waals surface area contributed by atoms with Gasteiger partial charge in [0.25, 0.3) is 0 Å². The number of hydrogen-bond acceptors (Lipinski definition) is 3. The number of aromatic nitrogens is 2. The normalized spacial score (nSPS) is 10.3. The topological polar surface area (TPSA) is 59.3 Å². The lowest BCUT2D eigenvalue weighted by Gasteiger charge is -2.04. The van der Waals surface area contributed by atoms with E-state index in [1.165, 1.54) is 0 Å². The number of nitroso groups, excluding NO2 is 1. The third-order valence-corrected chi connectivity index (χ3v) is 1.74. The van der Waals surface area contributed by atoms with Crippen molar-refractivity contribution in [2.24, 2.45) is 12.3 Å². The van der Waals surface area contributed by atoms with Crippen LogP contribution in [0.25, 0.3) is 0 Å². The van der Waals surface area contributed by atoms with Gasteiger partial charge in [0.05, 0.1) is 11.5 Å². The first-order valence-corrected chi connectivity index (χ1v) is 3.77. The summed E-state index contributed by atoms with van der Waals surface area (Å²) in [5.41, 5.74) is 3.37. The Hall–Kier alpha value is -1.39. The molecule has 1 aromatic rings. The van der Waals surface area contributed by atoms with Crippen LogP contribution in [-0.2, 0) is 7.05 Å². The standard InChI is InChI=1S/C7H12N4O/c1-5(2)6-4-8-11(3)7(6)9-10-12/h4-5H,1-3H3,(H,9,12). The smallest absolute Gasteiger partial charge is 0.150 e. The maximum atomic E-state index is 10.00. The van der Waals surface area contributed by atoms with Gasteiger partial charge in [-0.3, -0.25) is 4.68 Å². The molecule has 0 atom stereocenters. The molecule has 0 saturated carbocycles. The summed E-state index contributed by atoms with van der Waals surface area (Å²) in [6.45, 7) is 4.07.